The summed E-state index contributed by atoms with van der Waals surface area (Å²) in [6.07, 6.45) is 14.3. The van der Waals surface area contributed by atoms with Crippen molar-refractivity contribution in [1.29, 1.82) is 0 Å². The fraction of sp³-hybridized carbons (Fsp3) is 0.909. The predicted molar refractivity (Wildman–Crippen MR) is 241 cm³/mol. The number of ether oxygens (including phenoxy) is 4. The highest BCUT2D eigenvalue weighted by Gasteiger charge is 3.03. The molecule has 11 nitrogen and oxygen atoms in total. The number of Topliss-reactive ketones (excluding diaryl/α,β-unsaturated/α-hetero) is 1. The van der Waals surface area contributed by atoms with Gasteiger partial charge in [-0.05, 0) is 150 Å². The van der Waals surface area contributed by atoms with Gasteiger partial charge in [-0.25, -0.2) is 0 Å². The summed E-state index contributed by atoms with van der Waals surface area (Å²) in [5.74, 6) is 0.825. The number of hydrogen-bond acceptors (Lipinski definition) is 11. The number of fused-ring (bicyclic) bond motifs is 14. The maximum atomic E-state index is 15.1. The molecule has 8 aliphatic heterocycles. The van der Waals surface area contributed by atoms with E-state index in [0.29, 0.717) is 61.2 Å². The molecule has 0 aromatic heterocycles. The quantitative estimate of drug-likeness (QED) is 0.158. The van der Waals surface area contributed by atoms with Gasteiger partial charge < -0.3 is 49.2 Å². The van der Waals surface area contributed by atoms with Gasteiger partial charge in [0.2, 0.25) is 0 Å². The zero-order chi connectivity index (χ0) is 45.9. The minimum absolute atomic E-state index is 0.00173. The molecule has 66 heavy (non-hydrogen) atoms. The first-order valence-electron chi connectivity index (χ1n) is 27.1. The molecule has 8 aliphatic carbocycles. The van der Waals surface area contributed by atoms with Gasteiger partial charge in [-0.1, -0.05) is 47.6 Å². The minimum atomic E-state index is -1.50. The van der Waals surface area contributed by atoms with Crippen LogP contribution in [0.1, 0.15) is 159 Å². The maximum Gasteiger partial charge on any atom is 0.174 e. The molecule has 4 N–H and O–H groups in total. The third kappa shape index (κ3) is 4.11. The average molecular weight is 911 g/mol. The van der Waals surface area contributed by atoms with Gasteiger partial charge in [-0.15, -0.1) is 0 Å². The van der Waals surface area contributed by atoms with Gasteiger partial charge in [0.1, 0.15) is 17.5 Å². The Morgan fingerprint density at radius 2 is 1.56 bits per heavy atom. The third-order valence-corrected chi connectivity index (χ3v) is 26.0. The Balaban J connectivity index is 0.697. The summed E-state index contributed by atoms with van der Waals surface area (Å²) < 4.78 is 27.1. The van der Waals surface area contributed by atoms with Gasteiger partial charge >= 0.3 is 0 Å². The summed E-state index contributed by atoms with van der Waals surface area (Å²) in [5.41, 5.74) is 0.183. The van der Waals surface area contributed by atoms with E-state index in [1.807, 2.05) is 19.9 Å². The number of nitrogens with zero attached hydrogens (tertiary/aromatic N) is 2. The number of allylic oxidation sites excluding steroid dienone is 2. The van der Waals surface area contributed by atoms with E-state index in [9.17, 15) is 20.4 Å². The van der Waals surface area contributed by atoms with Crippen LogP contribution in [0.4, 0.5) is 0 Å². The Morgan fingerprint density at radius 1 is 0.803 bits per heavy atom. The molecule has 0 aromatic carbocycles. The second-order valence-corrected chi connectivity index (χ2v) is 27.9. The van der Waals surface area contributed by atoms with Crippen LogP contribution in [0.15, 0.2) is 23.0 Å². The van der Waals surface area contributed by atoms with Crippen LogP contribution in [0.5, 0.6) is 0 Å². The lowest BCUT2D eigenvalue weighted by Crippen LogP contribution is -2.65. The Labute approximate surface area is 391 Å². The zero-order valence-electron chi connectivity index (χ0n) is 41.2. The van der Waals surface area contributed by atoms with E-state index in [0.717, 1.165) is 63.4 Å². The highest BCUT2D eigenvalue weighted by Crippen LogP contribution is 2.91. The molecule has 2 bridgehead atoms. The van der Waals surface area contributed by atoms with Crippen molar-refractivity contribution in [1.82, 2.24) is 9.80 Å². The third-order valence-electron chi connectivity index (χ3n) is 26.0. The molecule has 16 aliphatic rings. The summed E-state index contributed by atoms with van der Waals surface area (Å²) in [6.45, 7) is 20.2. The highest BCUT2D eigenvalue weighted by molar-refractivity contribution is 5.92. The summed E-state index contributed by atoms with van der Waals surface area (Å²) in [5, 5.41) is 48.7. The molecule has 25 atom stereocenters. The Kier molecular flexibility index (Phi) is 7.46. The van der Waals surface area contributed by atoms with Gasteiger partial charge in [-0.3, -0.25) is 4.79 Å². The van der Waals surface area contributed by atoms with Crippen molar-refractivity contribution in [2.45, 2.75) is 223 Å². The number of aliphatic hydroxyl groups is 4. The van der Waals surface area contributed by atoms with Gasteiger partial charge in [0, 0.05) is 59.7 Å². The number of rotatable bonds is 1. The van der Waals surface area contributed by atoms with E-state index in [1.54, 1.807) is 18.3 Å². The molecule has 11 heteroatoms. The largest absolute Gasteiger partial charge is 0.393 e. The normalized spacial score (nSPS) is 66.1. The van der Waals surface area contributed by atoms with Crippen LogP contribution >= 0.6 is 0 Å². The van der Waals surface area contributed by atoms with Gasteiger partial charge in [0.25, 0.3) is 0 Å². The highest BCUT2D eigenvalue weighted by atomic mass is 16.7. The van der Waals surface area contributed by atoms with Crippen molar-refractivity contribution < 1.29 is 44.2 Å². The average Bonchev–Trinajstić information content (AvgIpc) is 3.55. The van der Waals surface area contributed by atoms with Crippen molar-refractivity contribution in [3.8, 4) is 0 Å². The van der Waals surface area contributed by atoms with Crippen LogP contribution in [0, 0.1) is 80.8 Å². The van der Waals surface area contributed by atoms with Crippen molar-refractivity contribution in [3.63, 3.8) is 0 Å². The predicted octanol–water partition coefficient (Wildman–Crippen LogP) is 7.15. The van der Waals surface area contributed by atoms with Crippen molar-refractivity contribution in [2.75, 3.05) is 6.61 Å². The number of carbonyl (C=O) groups is 1. The molecule has 4 spiro atoms. The van der Waals surface area contributed by atoms with E-state index in [4.69, 9.17) is 18.9 Å². The van der Waals surface area contributed by atoms with Gasteiger partial charge in [-0.2, -0.15) is 0 Å². The summed E-state index contributed by atoms with van der Waals surface area (Å²) in [7, 11) is 0. The first kappa shape index (κ1) is 42.1. The molecule has 0 radical (unpaired) electrons. The Morgan fingerprint density at radius 3 is 2.29 bits per heavy atom. The second-order valence-electron chi connectivity index (χ2n) is 27.9. The van der Waals surface area contributed by atoms with Crippen LogP contribution in [-0.4, -0.2) is 107 Å². The van der Waals surface area contributed by atoms with E-state index < -0.39 is 46.3 Å². The molecule has 6 saturated heterocycles. The molecule has 12 fully saturated rings. The van der Waals surface area contributed by atoms with Crippen LogP contribution in [0.25, 0.3) is 0 Å². The first-order chi connectivity index (χ1) is 31.0. The number of carbonyl (C=O) groups excluding carboxylic acids is 1. The van der Waals surface area contributed by atoms with E-state index in [2.05, 4.69) is 51.3 Å². The van der Waals surface area contributed by atoms with Crippen LogP contribution < -0.4 is 0 Å². The molecular formula is C55H78N2O9. The smallest absolute Gasteiger partial charge is 0.174 e. The lowest BCUT2D eigenvalue weighted by atomic mass is 9.44. The summed E-state index contributed by atoms with van der Waals surface area (Å²) in [4.78, 5) is 20.8. The molecule has 2 unspecified atom stereocenters. The fourth-order valence-corrected chi connectivity index (χ4v) is 22.1. The Hall–Kier alpha value is -1.57. The zero-order valence-corrected chi connectivity index (χ0v) is 41.2. The molecular weight excluding hydrogens is 833 g/mol. The van der Waals surface area contributed by atoms with Crippen LogP contribution in [-0.2, 0) is 23.7 Å². The monoisotopic (exact) mass is 911 g/mol. The van der Waals surface area contributed by atoms with Crippen molar-refractivity contribution in [2.24, 2.45) is 80.8 Å². The fourth-order valence-electron chi connectivity index (χ4n) is 22.1. The van der Waals surface area contributed by atoms with Gasteiger partial charge in [0.15, 0.2) is 22.9 Å². The maximum absolute atomic E-state index is 15.1. The molecule has 6 saturated carbocycles. The molecule has 362 valence electrons. The lowest BCUT2D eigenvalue weighted by Gasteiger charge is -2.61. The molecule has 0 amide bonds. The number of hydrogen-bond donors (Lipinski definition) is 4. The lowest BCUT2D eigenvalue weighted by molar-refractivity contribution is -0.288. The second kappa shape index (κ2) is 11.7. The first-order valence-corrected chi connectivity index (χ1v) is 27.1. The van der Waals surface area contributed by atoms with Gasteiger partial charge in [0.05, 0.1) is 41.5 Å². The number of ketones is 1. The number of aliphatic hydroxyl groups excluding tert-OH is 2. The van der Waals surface area contributed by atoms with E-state index in [-0.39, 0.29) is 75.5 Å². The minimum Gasteiger partial charge on any atom is -0.393 e. The molecule has 16 rings (SSSR count). The topological polar surface area (TPSA) is 141 Å². The summed E-state index contributed by atoms with van der Waals surface area (Å²) >= 11 is 0. The standard InChI is InChI=1S/C55H78N2O9/c1-10-46(5)14-16-51(66-46)27(2)44-39(64-51)19-33-31-12-11-29-17-36-37(24-47(29,6)32(31)20-40(59)49(33,44)8)57-53-23-30-18-38(58)43-34(48(30,7)25-54(53,57)56(36)53)21-41(60)50(9)35(43)22-42-55(50,62)28(3)52(65-42)15-13-45(4,61)26-63-52/h22,27-34,38-40,42-44,58-59,61-62H,10-21,23-26H2,1-9H3/t27-,28+,29-,30-,31+,32-,33+,34-,38-,39-,40+,42-,43+,44-,45-,46-,47-,48-,49+,50+,51+,52+,53?,54?,55+,56?,57?/m0/s1. The van der Waals surface area contributed by atoms with E-state index in [1.165, 1.54) is 12.8 Å². The van der Waals surface area contributed by atoms with E-state index >= 15 is 4.79 Å². The van der Waals surface area contributed by atoms with Crippen molar-refractivity contribution >= 4 is 5.78 Å². The molecule has 8 heterocycles. The Bertz CT molecular complexity index is 2340. The van der Waals surface area contributed by atoms with Crippen molar-refractivity contribution in [3.05, 3.63) is 23.0 Å². The summed E-state index contributed by atoms with van der Waals surface area (Å²) in [6, 6.07) is 0. The van der Waals surface area contributed by atoms with Crippen LogP contribution in [0.2, 0.25) is 0 Å². The SMILES string of the molecule is CC[C@@]1(C)CC[C@@]2(O[C@H]3C[C@@H]4[C@@H]5CC[C@H]6CC7=C(C[C@]6(C)[C@H]5C[C@@H](O)[C@]4(C)[C@H]3[C@@H]2C)N2C34C[C@@H]5C[C@H](O)[C@H]6C8=C[C@@H]9O[C@]%10(CC[C@](C)(O)CO%10)[C@@H](C)[C@]9(O)[C@@]8(C)C(=O)C[C@@H]6[C@@]5(C)CC23N74)O1. The molecule has 0 aromatic rings. The van der Waals surface area contributed by atoms with Crippen LogP contribution in [0.3, 0.4) is 0 Å².